The molecule has 0 atom stereocenters. The van der Waals surface area contributed by atoms with E-state index < -0.39 is 0 Å². The summed E-state index contributed by atoms with van der Waals surface area (Å²) in [7, 11) is 1.63. The van der Waals surface area contributed by atoms with E-state index >= 15 is 0 Å². The van der Waals surface area contributed by atoms with Gasteiger partial charge in [-0.25, -0.2) is 4.98 Å². The number of carbonyl (C=O) groups excluding carboxylic acids is 1. The molecule has 1 N–H and O–H groups in total. The van der Waals surface area contributed by atoms with Crippen LogP contribution in [0.1, 0.15) is 5.56 Å². The number of pyridine rings is 1. The monoisotopic (exact) mass is 294 g/mol. The number of hydrogen-bond acceptors (Lipinski definition) is 4. The summed E-state index contributed by atoms with van der Waals surface area (Å²) in [5.74, 6) is 0.685. The van der Waals surface area contributed by atoms with Gasteiger partial charge in [0.15, 0.2) is 0 Å². The van der Waals surface area contributed by atoms with Crippen molar-refractivity contribution in [2.24, 2.45) is 5.92 Å². The van der Waals surface area contributed by atoms with Crippen LogP contribution >= 0.6 is 15.9 Å². The van der Waals surface area contributed by atoms with E-state index in [1.54, 1.807) is 19.3 Å². The maximum Gasteiger partial charge on any atom is 0.226 e. The molecule has 17 heavy (non-hydrogen) atoms. The van der Waals surface area contributed by atoms with E-state index in [9.17, 15) is 4.79 Å². The van der Waals surface area contributed by atoms with Crippen LogP contribution in [-0.2, 0) is 4.79 Å². The van der Waals surface area contributed by atoms with Crippen molar-refractivity contribution >= 4 is 27.7 Å². The Morgan fingerprint density at radius 3 is 3.00 bits per heavy atom. The molecule has 1 aliphatic rings. The SMILES string of the molecule is CNC(=O)C1CN(c2ncc(Br)cc2C#N)C1. The maximum atomic E-state index is 11.3. The Labute approximate surface area is 108 Å². The third-order valence-electron chi connectivity index (χ3n) is 2.75. The first-order valence-electron chi connectivity index (χ1n) is 5.18. The molecule has 1 amide bonds. The highest BCUT2D eigenvalue weighted by atomic mass is 79.9. The Balaban J connectivity index is 2.12. The lowest BCUT2D eigenvalue weighted by Crippen LogP contribution is -2.53. The molecule has 1 saturated heterocycles. The van der Waals surface area contributed by atoms with Crippen LogP contribution < -0.4 is 10.2 Å². The summed E-state index contributed by atoms with van der Waals surface area (Å²) in [6.45, 7) is 1.23. The van der Waals surface area contributed by atoms with Gasteiger partial charge in [-0.05, 0) is 22.0 Å². The number of nitrogens with one attached hydrogen (secondary N) is 1. The molecule has 6 heteroatoms. The minimum Gasteiger partial charge on any atom is -0.359 e. The summed E-state index contributed by atoms with van der Waals surface area (Å²) in [4.78, 5) is 17.5. The van der Waals surface area contributed by atoms with E-state index in [0.29, 0.717) is 24.5 Å². The number of halogens is 1. The molecule has 0 spiro atoms. The molecule has 88 valence electrons. The molecule has 1 aliphatic heterocycles. The fourth-order valence-electron chi connectivity index (χ4n) is 1.79. The number of hydrogen-bond donors (Lipinski definition) is 1. The van der Waals surface area contributed by atoms with Gasteiger partial charge in [-0.2, -0.15) is 5.26 Å². The van der Waals surface area contributed by atoms with Crippen LogP contribution in [0.5, 0.6) is 0 Å². The molecule has 0 aliphatic carbocycles. The molecule has 5 nitrogen and oxygen atoms in total. The van der Waals surface area contributed by atoms with Crippen LogP contribution in [-0.4, -0.2) is 31.0 Å². The molecule has 1 aromatic heterocycles. The summed E-state index contributed by atoms with van der Waals surface area (Å²) in [6, 6.07) is 3.84. The van der Waals surface area contributed by atoms with Crippen molar-refractivity contribution in [3.8, 4) is 6.07 Å². The standard InChI is InChI=1S/C11H11BrN4O/c1-14-11(17)8-5-16(6-8)10-7(3-13)2-9(12)4-15-10/h2,4,8H,5-6H2,1H3,(H,14,17). The third kappa shape index (κ3) is 2.24. The van der Waals surface area contributed by atoms with Gasteiger partial charge < -0.3 is 10.2 Å². The molecule has 1 fully saturated rings. The maximum absolute atomic E-state index is 11.3. The minimum absolute atomic E-state index is 0.00279. The molecule has 0 radical (unpaired) electrons. The summed E-state index contributed by atoms with van der Waals surface area (Å²) >= 11 is 3.28. The highest BCUT2D eigenvalue weighted by Crippen LogP contribution is 2.27. The first kappa shape index (κ1) is 11.9. The molecule has 2 heterocycles. The highest BCUT2D eigenvalue weighted by molar-refractivity contribution is 9.10. The van der Waals surface area contributed by atoms with Crippen molar-refractivity contribution in [2.75, 3.05) is 25.0 Å². The highest BCUT2D eigenvalue weighted by Gasteiger charge is 2.33. The van der Waals surface area contributed by atoms with Gasteiger partial charge in [0, 0.05) is 30.8 Å². The van der Waals surface area contributed by atoms with Gasteiger partial charge in [0.05, 0.1) is 11.5 Å². The smallest absolute Gasteiger partial charge is 0.226 e. The normalized spacial score (nSPS) is 15.0. The average molecular weight is 295 g/mol. The Morgan fingerprint density at radius 2 is 2.41 bits per heavy atom. The zero-order valence-electron chi connectivity index (χ0n) is 9.27. The fraction of sp³-hybridized carbons (Fsp3) is 0.364. The van der Waals surface area contributed by atoms with E-state index in [1.165, 1.54) is 0 Å². The van der Waals surface area contributed by atoms with Gasteiger partial charge in [0.25, 0.3) is 0 Å². The van der Waals surface area contributed by atoms with Crippen molar-refractivity contribution in [3.63, 3.8) is 0 Å². The number of aromatic nitrogens is 1. The quantitative estimate of drug-likeness (QED) is 0.880. The van der Waals surface area contributed by atoms with Crippen LogP contribution in [0.4, 0.5) is 5.82 Å². The summed E-state index contributed by atoms with van der Waals surface area (Å²) in [5, 5.41) is 11.6. The minimum atomic E-state index is -0.00279. The number of anilines is 1. The number of rotatable bonds is 2. The lowest BCUT2D eigenvalue weighted by molar-refractivity contribution is -0.125. The Morgan fingerprint density at radius 1 is 1.71 bits per heavy atom. The van der Waals surface area contributed by atoms with E-state index in [4.69, 9.17) is 5.26 Å². The Bertz CT molecular complexity index is 491. The van der Waals surface area contributed by atoms with E-state index in [1.807, 2.05) is 4.90 Å². The van der Waals surface area contributed by atoms with Gasteiger partial charge in [-0.3, -0.25) is 4.79 Å². The molecule has 0 saturated carbocycles. The molecule has 0 aromatic carbocycles. The van der Waals surface area contributed by atoms with Gasteiger partial charge in [-0.15, -0.1) is 0 Å². The Kier molecular flexibility index (Phi) is 3.29. The van der Waals surface area contributed by atoms with Crippen LogP contribution in [0.15, 0.2) is 16.7 Å². The number of amides is 1. The van der Waals surface area contributed by atoms with Crippen molar-refractivity contribution in [1.29, 1.82) is 5.26 Å². The Hall–Kier alpha value is -1.61. The van der Waals surface area contributed by atoms with Crippen LogP contribution in [0, 0.1) is 17.2 Å². The molecule has 2 rings (SSSR count). The van der Waals surface area contributed by atoms with Crippen LogP contribution in [0.3, 0.4) is 0 Å². The zero-order valence-corrected chi connectivity index (χ0v) is 10.9. The van der Waals surface area contributed by atoms with E-state index in [0.717, 1.165) is 4.47 Å². The lowest BCUT2D eigenvalue weighted by Gasteiger charge is -2.39. The van der Waals surface area contributed by atoms with Crippen molar-refractivity contribution in [3.05, 3.63) is 22.3 Å². The predicted octanol–water partition coefficient (Wildman–Crippen LogP) is 0.898. The summed E-state index contributed by atoms with van der Waals surface area (Å²) in [5.41, 5.74) is 0.523. The molecular weight excluding hydrogens is 284 g/mol. The zero-order chi connectivity index (χ0) is 12.4. The average Bonchev–Trinajstić information content (AvgIpc) is 2.28. The molecule has 0 unspecified atom stereocenters. The number of nitrogens with zero attached hydrogens (tertiary/aromatic N) is 3. The van der Waals surface area contributed by atoms with E-state index in [-0.39, 0.29) is 11.8 Å². The first-order chi connectivity index (χ1) is 8.15. The van der Waals surface area contributed by atoms with Crippen molar-refractivity contribution < 1.29 is 4.79 Å². The lowest BCUT2D eigenvalue weighted by atomic mass is 9.98. The van der Waals surface area contributed by atoms with Gasteiger partial charge in [0.2, 0.25) is 5.91 Å². The molecular formula is C11H11BrN4O. The van der Waals surface area contributed by atoms with Gasteiger partial charge in [-0.1, -0.05) is 0 Å². The second kappa shape index (κ2) is 4.72. The van der Waals surface area contributed by atoms with Crippen LogP contribution in [0.2, 0.25) is 0 Å². The van der Waals surface area contributed by atoms with Crippen molar-refractivity contribution in [2.45, 2.75) is 0 Å². The summed E-state index contributed by atoms with van der Waals surface area (Å²) < 4.78 is 0.779. The first-order valence-corrected chi connectivity index (χ1v) is 5.97. The number of carbonyl (C=O) groups is 1. The summed E-state index contributed by atoms with van der Waals surface area (Å²) in [6.07, 6.45) is 1.66. The van der Waals surface area contributed by atoms with Gasteiger partial charge in [0.1, 0.15) is 11.9 Å². The second-order valence-electron chi connectivity index (χ2n) is 3.85. The fourth-order valence-corrected chi connectivity index (χ4v) is 2.12. The van der Waals surface area contributed by atoms with E-state index in [2.05, 4.69) is 32.3 Å². The largest absolute Gasteiger partial charge is 0.359 e. The van der Waals surface area contributed by atoms with Crippen LogP contribution in [0.25, 0.3) is 0 Å². The topological polar surface area (TPSA) is 69.0 Å². The second-order valence-corrected chi connectivity index (χ2v) is 4.77. The van der Waals surface area contributed by atoms with Gasteiger partial charge >= 0.3 is 0 Å². The third-order valence-corrected chi connectivity index (χ3v) is 3.19. The van der Waals surface area contributed by atoms with Crippen molar-refractivity contribution in [1.82, 2.24) is 10.3 Å². The number of nitriles is 1. The predicted molar refractivity (Wildman–Crippen MR) is 66.4 cm³/mol. The molecule has 0 bridgehead atoms. The molecule has 1 aromatic rings.